The van der Waals surface area contributed by atoms with Gasteiger partial charge < -0.3 is 5.11 Å². The number of nitrogens with zero attached hydrogens (tertiary/aromatic N) is 2. The van der Waals surface area contributed by atoms with Gasteiger partial charge in [-0.15, -0.1) is 11.3 Å². The molecule has 0 aromatic carbocycles. The van der Waals surface area contributed by atoms with E-state index in [9.17, 15) is 4.79 Å². The molecule has 0 radical (unpaired) electrons. The summed E-state index contributed by atoms with van der Waals surface area (Å²) in [5, 5.41) is 10.9. The quantitative estimate of drug-likeness (QED) is 0.892. The summed E-state index contributed by atoms with van der Waals surface area (Å²) in [6, 6.07) is 0.652. The standard InChI is InChI=1S/C13H20N2O2S/c1-2-15(11-6-4-3-5-7-11)8-10-9-18-12(14-10)13(16)17/h9,11H,2-8H2,1H3,(H,16,17). The first-order valence-electron chi connectivity index (χ1n) is 6.62. The minimum atomic E-state index is -0.924. The first kappa shape index (κ1) is 13.5. The maximum atomic E-state index is 10.8. The molecule has 4 nitrogen and oxygen atoms in total. The maximum absolute atomic E-state index is 10.8. The second kappa shape index (κ2) is 6.29. The molecule has 1 aromatic heterocycles. The molecule has 0 bridgehead atoms. The number of rotatable bonds is 5. The van der Waals surface area contributed by atoms with Crippen LogP contribution in [0.25, 0.3) is 0 Å². The van der Waals surface area contributed by atoms with E-state index in [-0.39, 0.29) is 5.01 Å². The normalized spacial score (nSPS) is 17.2. The number of carboxylic acids is 1. The van der Waals surface area contributed by atoms with Crippen LogP contribution in [0.1, 0.15) is 54.5 Å². The molecule has 0 spiro atoms. The van der Waals surface area contributed by atoms with E-state index in [0.29, 0.717) is 6.04 Å². The first-order chi connectivity index (χ1) is 8.70. The topological polar surface area (TPSA) is 53.4 Å². The average Bonchev–Trinajstić information content (AvgIpc) is 2.86. The van der Waals surface area contributed by atoms with Crippen LogP contribution < -0.4 is 0 Å². The molecule has 1 aromatic rings. The van der Waals surface area contributed by atoms with Gasteiger partial charge in [0.25, 0.3) is 0 Å². The lowest BCUT2D eigenvalue weighted by atomic mass is 9.94. The lowest BCUT2D eigenvalue weighted by Gasteiger charge is -2.32. The number of carbonyl (C=O) groups is 1. The van der Waals surface area contributed by atoms with Gasteiger partial charge >= 0.3 is 5.97 Å². The summed E-state index contributed by atoms with van der Waals surface area (Å²) in [6.45, 7) is 3.95. The van der Waals surface area contributed by atoms with Crippen molar-refractivity contribution in [2.45, 2.75) is 51.6 Å². The van der Waals surface area contributed by atoms with Crippen molar-refractivity contribution in [3.63, 3.8) is 0 Å². The van der Waals surface area contributed by atoms with Crippen LogP contribution >= 0.6 is 11.3 Å². The molecule has 1 heterocycles. The van der Waals surface area contributed by atoms with Gasteiger partial charge in [0, 0.05) is 18.0 Å². The third-order valence-corrected chi connectivity index (χ3v) is 4.48. The fourth-order valence-electron chi connectivity index (χ4n) is 2.63. The highest BCUT2D eigenvalue weighted by molar-refractivity contribution is 7.11. The number of aromatic nitrogens is 1. The Labute approximate surface area is 112 Å². The Hall–Kier alpha value is -0.940. The van der Waals surface area contributed by atoms with Crippen molar-refractivity contribution in [3.05, 3.63) is 16.1 Å². The van der Waals surface area contributed by atoms with Gasteiger partial charge in [-0.1, -0.05) is 26.2 Å². The molecule has 0 atom stereocenters. The summed E-state index contributed by atoms with van der Waals surface area (Å²) in [5.74, 6) is -0.924. The zero-order valence-electron chi connectivity index (χ0n) is 10.8. The van der Waals surface area contributed by atoms with Gasteiger partial charge in [-0.2, -0.15) is 0 Å². The van der Waals surface area contributed by atoms with E-state index in [2.05, 4.69) is 16.8 Å². The van der Waals surface area contributed by atoms with E-state index in [1.165, 1.54) is 43.4 Å². The molecule has 18 heavy (non-hydrogen) atoms. The van der Waals surface area contributed by atoms with Crippen LogP contribution in [0, 0.1) is 0 Å². The van der Waals surface area contributed by atoms with Gasteiger partial charge in [-0.25, -0.2) is 9.78 Å². The van der Waals surface area contributed by atoms with Crippen molar-refractivity contribution < 1.29 is 9.90 Å². The van der Waals surface area contributed by atoms with E-state index in [0.717, 1.165) is 18.8 Å². The smallest absolute Gasteiger partial charge is 0.365 e. The molecule has 0 unspecified atom stereocenters. The summed E-state index contributed by atoms with van der Waals surface area (Å²) in [4.78, 5) is 17.4. The number of thiazole rings is 1. The Balaban J connectivity index is 1.97. The molecule has 0 amide bonds. The molecular formula is C13H20N2O2S. The van der Waals surface area contributed by atoms with Crippen molar-refractivity contribution in [1.29, 1.82) is 0 Å². The third kappa shape index (κ3) is 3.29. The lowest BCUT2D eigenvalue weighted by Crippen LogP contribution is -2.36. The molecule has 1 N–H and O–H groups in total. The Morgan fingerprint density at radius 2 is 2.22 bits per heavy atom. The summed E-state index contributed by atoms with van der Waals surface area (Å²) in [6.07, 6.45) is 6.53. The monoisotopic (exact) mass is 268 g/mol. The molecule has 100 valence electrons. The zero-order valence-corrected chi connectivity index (χ0v) is 11.6. The van der Waals surface area contributed by atoms with E-state index in [1.807, 2.05) is 5.38 Å². The lowest BCUT2D eigenvalue weighted by molar-refractivity contribution is 0.0696. The van der Waals surface area contributed by atoms with Gasteiger partial charge in [-0.05, 0) is 19.4 Å². The molecule has 5 heteroatoms. The van der Waals surface area contributed by atoms with Crippen molar-refractivity contribution in [1.82, 2.24) is 9.88 Å². The second-order valence-electron chi connectivity index (χ2n) is 4.80. The van der Waals surface area contributed by atoms with E-state index in [4.69, 9.17) is 5.11 Å². The van der Waals surface area contributed by atoms with E-state index in [1.54, 1.807) is 0 Å². The highest BCUT2D eigenvalue weighted by atomic mass is 32.1. The minimum absolute atomic E-state index is 0.199. The highest BCUT2D eigenvalue weighted by Gasteiger charge is 2.21. The zero-order chi connectivity index (χ0) is 13.0. The summed E-state index contributed by atoms with van der Waals surface area (Å²) < 4.78 is 0. The number of aromatic carboxylic acids is 1. The van der Waals surface area contributed by atoms with E-state index >= 15 is 0 Å². The van der Waals surface area contributed by atoms with Gasteiger partial charge in [0.05, 0.1) is 5.69 Å². The van der Waals surface area contributed by atoms with Crippen LogP contribution in [0.3, 0.4) is 0 Å². The Morgan fingerprint density at radius 3 is 2.78 bits per heavy atom. The second-order valence-corrected chi connectivity index (χ2v) is 5.66. The largest absolute Gasteiger partial charge is 0.476 e. The maximum Gasteiger partial charge on any atom is 0.365 e. The molecule has 0 saturated heterocycles. The van der Waals surface area contributed by atoms with Crippen LogP contribution in [0.15, 0.2) is 5.38 Å². The summed E-state index contributed by atoms with van der Waals surface area (Å²) >= 11 is 1.22. The van der Waals surface area contributed by atoms with Crippen LogP contribution in [-0.4, -0.2) is 33.5 Å². The number of carboxylic acid groups (broad SMARTS) is 1. The van der Waals surface area contributed by atoms with Crippen molar-refractivity contribution >= 4 is 17.3 Å². The third-order valence-electron chi connectivity index (χ3n) is 3.60. The van der Waals surface area contributed by atoms with Crippen LogP contribution in [0.2, 0.25) is 0 Å². The fourth-order valence-corrected chi connectivity index (χ4v) is 3.28. The Kier molecular flexibility index (Phi) is 4.72. The Morgan fingerprint density at radius 1 is 1.50 bits per heavy atom. The molecule has 1 saturated carbocycles. The summed E-state index contributed by atoms with van der Waals surface area (Å²) in [7, 11) is 0. The molecule has 0 aliphatic heterocycles. The fraction of sp³-hybridized carbons (Fsp3) is 0.692. The predicted molar refractivity (Wildman–Crippen MR) is 72.0 cm³/mol. The Bertz CT molecular complexity index is 399. The number of hydrogen-bond donors (Lipinski definition) is 1. The first-order valence-corrected chi connectivity index (χ1v) is 7.50. The van der Waals surface area contributed by atoms with Crippen molar-refractivity contribution in [2.75, 3.05) is 6.54 Å². The molecule has 1 fully saturated rings. The average molecular weight is 268 g/mol. The van der Waals surface area contributed by atoms with Gasteiger partial charge in [0.2, 0.25) is 5.01 Å². The molecule has 2 rings (SSSR count). The van der Waals surface area contributed by atoms with Crippen LogP contribution in [0.4, 0.5) is 0 Å². The highest BCUT2D eigenvalue weighted by Crippen LogP contribution is 2.24. The minimum Gasteiger partial charge on any atom is -0.476 e. The van der Waals surface area contributed by atoms with Crippen molar-refractivity contribution in [3.8, 4) is 0 Å². The van der Waals surface area contributed by atoms with E-state index < -0.39 is 5.97 Å². The summed E-state index contributed by atoms with van der Waals surface area (Å²) in [5.41, 5.74) is 0.893. The number of hydrogen-bond acceptors (Lipinski definition) is 4. The SMILES string of the molecule is CCN(Cc1csc(C(=O)O)n1)C1CCCCC1. The van der Waals surface area contributed by atoms with Gasteiger partial charge in [0.1, 0.15) is 0 Å². The van der Waals surface area contributed by atoms with Crippen molar-refractivity contribution in [2.24, 2.45) is 0 Å². The van der Waals surface area contributed by atoms with Gasteiger partial charge in [0.15, 0.2) is 0 Å². The predicted octanol–water partition coefficient (Wildman–Crippen LogP) is 3.00. The molecule has 1 aliphatic carbocycles. The van der Waals surface area contributed by atoms with Crippen LogP contribution in [-0.2, 0) is 6.54 Å². The molecular weight excluding hydrogens is 248 g/mol. The van der Waals surface area contributed by atoms with Crippen LogP contribution in [0.5, 0.6) is 0 Å². The van der Waals surface area contributed by atoms with Gasteiger partial charge in [-0.3, -0.25) is 4.90 Å². The molecule has 1 aliphatic rings.